The molecule has 0 saturated carbocycles. The number of hydrogen-bond donors (Lipinski definition) is 2. The summed E-state index contributed by atoms with van der Waals surface area (Å²) in [5.41, 5.74) is 2.04. The van der Waals surface area contributed by atoms with Gasteiger partial charge in [0.1, 0.15) is 0 Å². The van der Waals surface area contributed by atoms with E-state index in [1.165, 1.54) is 18.7 Å². The minimum Gasteiger partial charge on any atom is -0.326 e. The fraction of sp³-hybridized carbons (Fsp3) is 0.286. The molecule has 2 aromatic rings. The molecule has 2 N–H and O–H groups in total. The van der Waals surface area contributed by atoms with E-state index >= 15 is 0 Å². The van der Waals surface area contributed by atoms with Crippen LogP contribution in [-0.2, 0) is 9.59 Å². The van der Waals surface area contributed by atoms with Crippen molar-refractivity contribution < 1.29 is 14.4 Å². The van der Waals surface area contributed by atoms with Crippen LogP contribution in [0.4, 0.5) is 11.4 Å². The molecule has 0 atom stereocenters. The van der Waals surface area contributed by atoms with E-state index in [4.69, 9.17) is 0 Å². The molecular formula is C21H24N2O3S. The third-order valence-corrected chi connectivity index (χ3v) is 4.85. The van der Waals surface area contributed by atoms with Crippen molar-refractivity contribution in [2.24, 2.45) is 0 Å². The van der Waals surface area contributed by atoms with Gasteiger partial charge in [-0.2, -0.15) is 0 Å². The Labute approximate surface area is 163 Å². The normalized spacial score (nSPS) is 10.3. The second-order valence-corrected chi connectivity index (χ2v) is 7.20. The number of carbonyl (C=O) groups excluding carboxylic acids is 3. The van der Waals surface area contributed by atoms with Gasteiger partial charge in [0, 0.05) is 28.3 Å². The van der Waals surface area contributed by atoms with Crippen LogP contribution in [0.15, 0.2) is 53.4 Å². The van der Waals surface area contributed by atoms with Crippen LogP contribution >= 0.6 is 11.8 Å². The molecule has 0 radical (unpaired) electrons. The first-order valence-corrected chi connectivity index (χ1v) is 9.90. The van der Waals surface area contributed by atoms with E-state index in [2.05, 4.69) is 17.6 Å². The lowest BCUT2D eigenvalue weighted by Crippen LogP contribution is -2.14. The molecule has 0 aliphatic rings. The molecule has 6 heteroatoms. The van der Waals surface area contributed by atoms with E-state index in [9.17, 15) is 14.4 Å². The first-order chi connectivity index (χ1) is 13.0. The maximum absolute atomic E-state index is 12.1. The highest BCUT2D eigenvalue weighted by Gasteiger charge is 2.06. The topological polar surface area (TPSA) is 75.3 Å². The van der Waals surface area contributed by atoms with E-state index in [1.807, 2.05) is 24.3 Å². The molecule has 2 aromatic carbocycles. The summed E-state index contributed by atoms with van der Waals surface area (Å²) in [5, 5.41) is 5.67. The lowest BCUT2D eigenvalue weighted by Gasteiger charge is -2.07. The van der Waals surface area contributed by atoms with Crippen molar-refractivity contribution in [3.8, 4) is 0 Å². The predicted molar refractivity (Wildman–Crippen MR) is 110 cm³/mol. The molecule has 0 aliphatic heterocycles. The molecule has 27 heavy (non-hydrogen) atoms. The molecule has 0 fully saturated rings. The Balaban J connectivity index is 1.79. The maximum Gasteiger partial charge on any atom is 0.234 e. The van der Waals surface area contributed by atoms with Crippen molar-refractivity contribution in [3.05, 3.63) is 54.1 Å². The van der Waals surface area contributed by atoms with Gasteiger partial charge in [-0.15, -0.1) is 11.8 Å². The molecule has 0 bridgehead atoms. The van der Waals surface area contributed by atoms with E-state index < -0.39 is 0 Å². The van der Waals surface area contributed by atoms with E-state index in [0.717, 1.165) is 23.4 Å². The van der Waals surface area contributed by atoms with Crippen LogP contribution in [0.1, 0.15) is 43.5 Å². The summed E-state index contributed by atoms with van der Waals surface area (Å²) in [6, 6.07) is 14.3. The maximum atomic E-state index is 12.1. The number of ketones is 1. The van der Waals surface area contributed by atoms with E-state index in [-0.39, 0.29) is 23.4 Å². The zero-order valence-corrected chi connectivity index (χ0v) is 16.4. The highest BCUT2D eigenvalue weighted by atomic mass is 32.2. The number of benzene rings is 2. The summed E-state index contributed by atoms with van der Waals surface area (Å²) >= 11 is 1.42. The zero-order valence-electron chi connectivity index (χ0n) is 15.6. The van der Waals surface area contributed by atoms with Crippen molar-refractivity contribution in [2.75, 3.05) is 16.4 Å². The fourth-order valence-electron chi connectivity index (χ4n) is 2.33. The molecular weight excluding hydrogens is 360 g/mol. The van der Waals surface area contributed by atoms with Gasteiger partial charge in [0.15, 0.2) is 5.78 Å². The summed E-state index contributed by atoms with van der Waals surface area (Å²) in [6.45, 7) is 3.56. The monoisotopic (exact) mass is 384 g/mol. The second-order valence-electron chi connectivity index (χ2n) is 6.15. The van der Waals surface area contributed by atoms with Crippen LogP contribution in [0.25, 0.3) is 0 Å². The second kappa shape index (κ2) is 10.5. The predicted octanol–water partition coefficient (Wildman–Crippen LogP) is 4.75. The van der Waals surface area contributed by atoms with Gasteiger partial charge >= 0.3 is 0 Å². The number of carbonyl (C=O) groups is 3. The SMILES string of the molecule is CCCCC(=O)Nc1ccc(SCC(=O)Nc2ccc(C(C)=O)cc2)cc1. The molecule has 0 aromatic heterocycles. The van der Waals surface area contributed by atoms with Gasteiger partial charge in [-0.05, 0) is 61.9 Å². The third kappa shape index (κ3) is 7.27. The molecule has 0 spiro atoms. The summed E-state index contributed by atoms with van der Waals surface area (Å²) in [6.07, 6.45) is 2.40. The van der Waals surface area contributed by atoms with E-state index in [0.29, 0.717) is 17.7 Å². The first kappa shape index (κ1) is 20.7. The number of amides is 2. The van der Waals surface area contributed by atoms with Gasteiger partial charge in [-0.25, -0.2) is 0 Å². The molecule has 0 aliphatic carbocycles. The Morgan fingerprint density at radius 2 is 1.41 bits per heavy atom. The number of Topliss-reactive ketones (excluding diaryl/α,β-unsaturated/α-hetero) is 1. The third-order valence-electron chi connectivity index (χ3n) is 3.84. The largest absolute Gasteiger partial charge is 0.326 e. The average molecular weight is 385 g/mol. The quantitative estimate of drug-likeness (QED) is 0.483. The van der Waals surface area contributed by atoms with Gasteiger partial charge in [-0.3, -0.25) is 14.4 Å². The lowest BCUT2D eigenvalue weighted by atomic mass is 10.1. The van der Waals surface area contributed by atoms with Crippen molar-refractivity contribution in [3.63, 3.8) is 0 Å². The zero-order chi connectivity index (χ0) is 19.6. The van der Waals surface area contributed by atoms with Crippen molar-refractivity contribution in [1.82, 2.24) is 0 Å². The van der Waals surface area contributed by atoms with Crippen LogP contribution in [-0.4, -0.2) is 23.4 Å². The number of thioether (sulfide) groups is 1. The molecule has 0 saturated heterocycles. The minimum absolute atomic E-state index is 0.00608. The Bertz CT molecular complexity index is 786. The summed E-state index contributed by atoms with van der Waals surface area (Å²) in [5.74, 6) is 0.171. The molecule has 2 amide bonds. The fourth-order valence-corrected chi connectivity index (χ4v) is 3.03. The number of rotatable bonds is 9. The summed E-state index contributed by atoms with van der Waals surface area (Å²) < 4.78 is 0. The summed E-state index contributed by atoms with van der Waals surface area (Å²) in [4.78, 5) is 36.0. The van der Waals surface area contributed by atoms with Crippen LogP contribution in [0.5, 0.6) is 0 Å². The van der Waals surface area contributed by atoms with Crippen LogP contribution < -0.4 is 10.6 Å². The molecule has 2 rings (SSSR count). The van der Waals surface area contributed by atoms with Gasteiger partial charge in [0.25, 0.3) is 0 Å². The minimum atomic E-state index is -0.118. The number of hydrogen-bond acceptors (Lipinski definition) is 4. The molecule has 5 nitrogen and oxygen atoms in total. The Hall–Kier alpha value is -2.60. The first-order valence-electron chi connectivity index (χ1n) is 8.91. The number of anilines is 2. The lowest BCUT2D eigenvalue weighted by molar-refractivity contribution is -0.116. The Morgan fingerprint density at radius 1 is 0.852 bits per heavy atom. The Kier molecular flexibility index (Phi) is 8.07. The van der Waals surface area contributed by atoms with Crippen molar-refractivity contribution >= 4 is 40.7 Å². The smallest absolute Gasteiger partial charge is 0.234 e. The summed E-state index contributed by atoms with van der Waals surface area (Å²) in [7, 11) is 0. The molecule has 0 unspecified atom stereocenters. The Morgan fingerprint density at radius 3 is 1.96 bits per heavy atom. The van der Waals surface area contributed by atoms with Gasteiger partial charge in [0.2, 0.25) is 11.8 Å². The van der Waals surface area contributed by atoms with Crippen LogP contribution in [0.2, 0.25) is 0 Å². The highest BCUT2D eigenvalue weighted by Crippen LogP contribution is 2.21. The van der Waals surface area contributed by atoms with Crippen molar-refractivity contribution in [1.29, 1.82) is 0 Å². The average Bonchev–Trinajstić information content (AvgIpc) is 2.66. The molecule has 0 heterocycles. The van der Waals surface area contributed by atoms with Crippen LogP contribution in [0.3, 0.4) is 0 Å². The standard InChI is InChI=1S/C21H24N2O3S/c1-3-4-5-20(25)22-18-10-12-19(13-11-18)27-14-21(26)23-17-8-6-16(7-9-17)15(2)24/h6-13H,3-5,14H2,1-2H3,(H,22,25)(H,23,26). The van der Waals surface area contributed by atoms with E-state index in [1.54, 1.807) is 24.3 Å². The van der Waals surface area contributed by atoms with Crippen LogP contribution in [0, 0.1) is 0 Å². The van der Waals surface area contributed by atoms with Gasteiger partial charge in [0.05, 0.1) is 5.75 Å². The molecule has 142 valence electrons. The highest BCUT2D eigenvalue weighted by molar-refractivity contribution is 8.00. The van der Waals surface area contributed by atoms with Gasteiger partial charge < -0.3 is 10.6 Å². The number of nitrogens with one attached hydrogen (secondary N) is 2. The number of unbranched alkanes of at least 4 members (excludes halogenated alkanes) is 1. The van der Waals surface area contributed by atoms with Gasteiger partial charge in [-0.1, -0.05) is 13.3 Å². The van der Waals surface area contributed by atoms with Crippen molar-refractivity contribution in [2.45, 2.75) is 38.0 Å².